The van der Waals surface area contributed by atoms with Gasteiger partial charge in [0.1, 0.15) is 5.76 Å². The van der Waals surface area contributed by atoms with Crippen molar-refractivity contribution in [3.8, 4) is 0 Å². The number of rotatable bonds is 3. The topological polar surface area (TPSA) is 96.7 Å². The first-order valence-corrected chi connectivity index (χ1v) is 3.79. The van der Waals surface area contributed by atoms with Gasteiger partial charge in [0.2, 0.25) is 5.76 Å². The van der Waals surface area contributed by atoms with Crippen LogP contribution in [0.3, 0.4) is 0 Å². The summed E-state index contributed by atoms with van der Waals surface area (Å²) in [4.78, 5) is 10.4. The van der Waals surface area contributed by atoms with Gasteiger partial charge in [-0.15, -0.1) is 0 Å². The fourth-order valence-corrected chi connectivity index (χ4v) is 0.885. The number of carbonyl (C=O) groups is 1. The molecule has 13 heavy (non-hydrogen) atoms. The molecule has 1 aromatic heterocycles. The number of hydrogen-bond donors (Lipinski definition) is 3. The minimum Gasteiger partial charge on any atom is -0.475 e. The largest absolute Gasteiger partial charge is 0.475 e. The van der Waals surface area contributed by atoms with E-state index in [-0.39, 0.29) is 11.5 Å². The molecule has 0 saturated heterocycles. The minimum atomic E-state index is -1.15. The summed E-state index contributed by atoms with van der Waals surface area (Å²) in [5.74, 6) is -1.05. The van der Waals surface area contributed by atoms with Gasteiger partial charge in [0.25, 0.3) is 0 Å². The molecule has 0 radical (unpaired) electrons. The van der Waals surface area contributed by atoms with Gasteiger partial charge in [0.05, 0.1) is 12.1 Å². The van der Waals surface area contributed by atoms with Gasteiger partial charge in [-0.2, -0.15) is 0 Å². The van der Waals surface area contributed by atoms with Crippen molar-refractivity contribution in [2.45, 2.75) is 19.1 Å². The van der Waals surface area contributed by atoms with Crippen molar-refractivity contribution in [3.63, 3.8) is 0 Å². The van der Waals surface area contributed by atoms with Crippen molar-refractivity contribution in [2.24, 2.45) is 5.73 Å². The summed E-state index contributed by atoms with van der Waals surface area (Å²) in [6, 6.07) is 2.06. The van der Waals surface area contributed by atoms with Crippen LogP contribution >= 0.6 is 0 Å². The molecule has 0 aliphatic rings. The summed E-state index contributed by atoms with van der Waals surface area (Å²) in [7, 11) is 0. The van der Waals surface area contributed by atoms with E-state index in [0.717, 1.165) is 0 Å². The summed E-state index contributed by atoms with van der Waals surface area (Å²) < 4.78 is 4.88. The first-order valence-electron chi connectivity index (χ1n) is 3.79. The Kier molecular flexibility index (Phi) is 2.69. The molecule has 0 amide bonds. The van der Waals surface area contributed by atoms with E-state index in [2.05, 4.69) is 0 Å². The van der Waals surface area contributed by atoms with E-state index in [1.807, 2.05) is 0 Å². The van der Waals surface area contributed by atoms with Crippen molar-refractivity contribution < 1.29 is 19.4 Å². The van der Waals surface area contributed by atoms with Crippen molar-refractivity contribution >= 4 is 5.97 Å². The Labute approximate surface area is 74.8 Å². The summed E-state index contributed by atoms with van der Waals surface area (Å²) >= 11 is 0. The first kappa shape index (κ1) is 9.76. The van der Waals surface area contributed by atoms with E-state index < -0.39 is 18.1 Å². The molecule has 72 valence electrons. The molecule has 1 aromatic rings. The second-order valence-corrected chi connectivity index (χ2v) is 2.77. The zero-order valence-corrected chi connectivity index (χ0v) is 7.10. The Morgan fingerprint density at radius 1 is 1.62 bits per heavy atom. The number of aliphatic hydroxyl groups excluding tert-OH is 1. The van der Waals surface area contributed by atoms with Crippen LogP contribution in [0.4, 0.5) is 0 Å². The van der Waals surface area contributed by atoms with E-state index in [1.165, 1.54) is 19.1 Å². The molecule has 4 N–H and O–H groups in total. The molecule has 5 nitrogen and oxygen atoms in total. The van der Waals surface area contributed by atoms with Gasteiger partial charge in [-0.25, -0.2) is 4.79 Å². The van der Waals surface area contributed by atoms with E-state index in [4.69, 9.17) is 20.4 Å². The summed E-state index contributed by atoms with van der Waals surface area (Å²) in [5.41, 5.74) is 5.51. The third kappa shape index (κ3) is 2.07. The average Bonchev–Trinajstić information content (AvgIpc) is 2.50. The Morgan fingerprint density at radius 2 is 2.23 bits per heavy atom. The first-order chi connectivity index (χ1) is 6.02. The molecule has 0 aliphatic heterocycles. The Hall–Kier alpha value is -1.33. The van der Waals surface area contributed by atoms with Gasteiger partial charge in [-0.05, 0) is 19.1 Å². The van der Waals surface area contributed by atoms with E-state index >= 15 is 0 Å². The lowest BCUT2D eigenvalue weighted by atomic mass is 10.1. The maximum absolute atomic E-state index is 10.4. The average molecular weight is 185 g/mol. The Bertz CT molecular complexity index is 305. The van der Waals surface area contributed by atoms with Crippen LogP contribution in [0.1, 0.15) is 29.3 Å². The standard InChI is InChI=1S/C8H11NO4/c1-4(10)7(9)5-2-3-6(13-5)8(11)12/h2-4,7,10H,9H2,1H3,(H,11,12)/t4-,7+/m1/s1. The molecule has 0 bridgehead atoms. The normalized spacial score (nSPS) is 15.3. The number of nitrogens with two attached hydrogens (primary N) is 1. The van der Waals surface area contributed by atoms with Gasteiger partial charge in [-0.3, -0.25) is 0 Å². The van der Waals surface area contributed by atoms with Gasteiger partial charge >= 0.3 is 5.97 Å². The van der Waals surface area contributed by atoms with E-state index in [9.17, 15) is 4.79 Å². The Balaban J connectivity index is 2.85. The molecule has 0 aromatic carbocycles. The predicted octanol–water partition coefficient (Wildman–Crippen LogP) is 0.358. The van der Waals surface area contributed by atoms with Gasteiger partial charge in [0.15, 0.2) is 0 Å². The number of furan rings is 1. The number of carboxylic acids is 1. The number of hydrogen-bond acceptors (Lipinski definition) is 4. The maximum atomic E-state index is 10.4. The minimum absolute atomic E-state index is 0.175. The molecule has 5 heteroatoms. The maximum Gasteiger partial charge on any atom is 0.371 e. The molecule has 0 saturated carbocycles. The molecule has 0 aliphatic carbocycles. The molecule has 0 fully saturated rings. The van der Waals surface area contributed by atoms with Crippen molar-refractivity contribution in [2.75, 3.05) is 0 Å². The summed E-state index contributed by atoms with van der Waals surface area (Å²) in [6.45, 7) is 1.51. The zero-order chi connectivity index (χ0) is 10.0. The molecular formula is C8H11NO4. The highest BCUT2D eigenvalue weighted by Gasteiger charge is 2.17. The lowest BCUT2D eigenvalue weighted by Gasteiger charge is -2.10. The fourth-order valence-electron chi connectivity index (χ4n) is 0.885. The monoisotopic (exact) mass is 185 g/mol. The van der Waals surface area contributed by atoms with Crippen LogP contribution in [-0.4, -0.2) is 22.3 Å². The van der Waals surface area contributed by atoms with Crippen molar-refractivity contribution in [1.82, 2.24) is 0 Å². The van der Waals surface area contributed by atoms with Crippen LogP contribution in [0.25, 0.3) is 0 Å². The van der Waals surface area contributed by atoms with Crippen LogP contribution in [0.2, 0.25) is 0 Å². The molecular weight excluding hydrogens is 174 g/mol. The van der Waals surface area contributed by atoms with Gasteiger partial charge < -0.3 is 20.4 Å². The molecule has 1 rings (SSSR count). The van der Waals surface area contributed by atoms with E-state index in [0.29, 0.717) is 0 Å². The predicted molar refractivity (Wildman–Crippen MR) is 44.3 cm³/mol. The third-order valence-corrected chi connectivity index (χ3v) is 1.69. The number of aliphatic hydroxyl groups is 1. The molecule has 0 unspecified atom stereocenters. The SMILES string of the molecule is C[C@@H](O)[C@H](N)c1ccc(C(=O)O)o1. The van der Waals surface area contributed by atoms with Crippen molar-refractivity contribution in [1.29, 1.82) is 0 Å². The molecule has 2 atom stereocenters. The zero-order valence-electron chi connectivity index (χ0n) is 7.10. The summed E-state index contributed by atoms with van der Waals surface area (Å²) in [6.07, 6.45) is -0.771. The highest BCUT2D eigenvalue weighted by Crippen LogP contribution is 2.17. The molecule has 1 heterocycles. The van der Waals surface area contributed by atoms with E-state index in [1.54, 1.807) is 0 Å². The smallest absolute Gasteiger partial charge is 0.371 e. The third-order valence-electron chi connectivity index (χ3n) is 1.69. The van der Waals surface area contributed by atoms with Gasteiger partial charge in [-0.1, -0.05) is 0 Å². The van der Waals surface area contributed by atoms with Crippen LogP contribution in [0, 0.1) is 0 Å². The highest BCUT2D eigenvalue weighted by atomic mass is 16.4. The second-order valence-electron chi connectivity index (χ2n) is 2.77. The van der Waals surface area contributed by atoms with Crippen LogP contribution in [-0.2, 0) is 0 Å². The fraction of sp³-hybridized carbons (Fsp3) is 0.375. The Morgan fingerprint density at radius 3 is 2.62 bits per heavy atom. The lowest BCUT2D eigenvalue weighted by molar-refractivity contribution is 0.0655. The van der Waals surface area contributed by atoms with Gasteiger partial charge in [0, 0.05) is 0 Å². The van der Waals surface area contributed by atoms with Crippen LogP contribution in [0.15, 0.2) is 16.5 Å². The van der Waals surface area contributed by atoms with Crippen LogP contribution in [0.5, 0.6) is 0 Å². The summed E-state index contributed by atoms with van der Waals surface area (Å²) in [5, 5.41) is 17.6. The lowest BCUT2D eigenvalue weighted by Crippen LogP contribution is -2.22. The van der Waals surface area contributed by atoms with Crippen molar-refractivity contribution in [3.05, 3.63) is 23.7 Å². The highest BCUT2D eigenvalue weighted by molar-refractivity contribution is 5.84. The number of carboxylic acid groups (broad SMARTS) is 1. The quantitative estimate of drug-likeness (QED) is 0.631. The number of aromatic carboxylic acids is 1. The van der Waals surface area contributed by atoms with Crippen LogP contribution < -0.4 is 5.73 Å². The molecule has 0 spiro atoms. The second kappa shape index (κ2) is 3.59.